The smallest absolute Gasteiger partial charge is 0.330 e. The number of likely N-dealkylation sites (N-methyl/N-ethyl adjacent to an activating group) is 1. The SMILES string of the molecule is C=CC(=O)OC(C(C)=O)C(Cl)C(=O)NC(CC(C)C)C(=O)OCCCCCCOC(=O)C(CC(C)C)NC. The number of alkyl halides is 1. The van der Waals surface area contributed by atoms with E-state index in [4.69, 9.17) is 25.8 Å². The van der Waals surface area contributed by atoms with Crippen LogP contribution in [0.5, 0.6) is 0 Å². The maximum atomic E-state index is 12.6. The molecule has 4 unspecified atom stereocenters. The van der Waals surface area contributed by atoms with E-state index in [-0.39, 0.29) is 24.5 Å². The van der Waals surface area contributed by atoms with Gasteiger partial charge in [-0.1, -0.05) is 34.3 Å². The van der Waals surface area contributed by atoms with Crippen molar-refractivity contribution >= 4 is 41.2 Å². The Morgan fingerprint density at radius 1 is 0.842 bits per heavy atom. The Morgan fingerprint density at radius 2 is 1.32 bits per heavy atom. The van der Waals surface area contributed by atoms with E-state index in [2.05, 4.69) is 17.2 Å². The van der Waals surface area contributed by atoms with Crippen molar-refractivity contribution < 1.29 is 38.2 Å². The molecule has 0 rings (SSSR count). The third-order valence-corrected chi connectivity index (χ3v) is 5.93. The Kier molecular flexibility index (Phi) is 18.3. The number of carbonyl (C=O) groups is 5. The van der Waals surface area contributed by atoms with Gasteiger partial charge in [0.05, 0.1) is 13.2 Å². The number of ketones is 1. The zero-order chi connectivity index (χ0) is 29.3. The molecule has 11 heteroatoms. The van der Waals surface area contributed by atoms with E-state index < -0.39 is 41.2 Å². The number of rotatable bonds is 20. The first kappa shape index (κ1) is 35.5. The Labute approximate surface area is 231 Å². The molecule has 1 amide bonds. The van der Waals surface area contributed by atoms with E-state index in [1.54, 1.807) is 7.05 Å². The van der Waals surface area contributed by atoms with Crippen molar-refractivity contribution in [1.82, 2.24) is 10.6 Å². The predicted octanol–water partition coefficient (Wildman–Crippen LogP) is 3.09. The van der Waals surface area contributed by atoms with Crippen LogP contribution in [0.1, 0.15) is 73.1 Å². The second-order valence-electron chi connectivity index (χ2n) is 9.98. The minimum absolute atomic E-state index is 0.0505. The maximum Gasteiger partial charge on any atom is 0.330 e. The summed E-state index contributed by atoms with van der Waals surface area (Å²) in [5, 5.41) is 3.96. The Balaban J connectivity index is 4.58. The predicted molar refractivity (Wildman–Crippen MR) is 144 cm³/mol. The van der Waals surface area contributed by atoms with E-state index in [0.717, 1.165) is 25.8 Å². The van der Waals surface area contributed by atoms with Gasteiger partial charge in [-0.05, 0) is 64.3 Å². The van der Waals surface area contributed by atoms with Crippen LogP contribution in [0.4, 0.5) is 0 Å². The molecule has 0 heterocycles. The largest absolute Gasteiger partial charge is 0.465 e. The number of amides is 1. The molecule has 0 saturated heterocycles. The average molecular weight is 561 g/mol. The van der Waals surface area contributed by atoms with Crippen molar-refractivity contribution in [2.75, 3.05) is 20.3 Å². The molecule has 0 aromatic rings. The number of carbonyl (C=O) groups excluding carboxylic acids is 5. The monoisotopic (exact) mass is 560 g/mol. The first-order chi connectivity index (χ1) is 17.8. The maximum absolute atomic E-state index is 12.6. The summed E-state index contributed by atoms with van der Waals surface area (Å²) in [6.07, 6.45) is 3.23. The number of hydrogen-bond acceptors (Lipinski definition) is 9. The number of Topliss-reactive ketones (excluding diaryl/α,β-unsaturated/α-hetero) is 1. The summed E-state index contributed by atoms with van der Waals surface area (Å²) in [7, 11) is 1.74. The summed E-state index contributed by atoms with van der Waals surface area (Å²) in [5.74, 6) is -2.77. The Hall–Kier alpha value is -2.46. The highest BCUT2D eigenvalue weighted by Gasteiger charge is 2.35. The van der Waals surface area contributed by atoms with Crippen LogP contribution in [0, 0.1) is 11.8 Å². The Morgan fingerprint density at radius 3 is 1.74 bits per heavy atom. The number of ether oxygens (including phenoxy) is 3. The van der Waals surface area contributed by atoms with E-state index >= 15 is 0 Å². The van der Waals surface area contributed by atoms with Crippen LogP contribution < -0.4 is 10.6 Å². The van der Waals surface area contributed by atoms with Crippen LogP contribution in [0.3, 0.4) is 0 Å². The molecule has 0 bridgehead atoms. The van der Waals surface area contributed by atoms with Gasteiger partial charge < -0.3 is 24.8 Å². The van der Waals surface area contributed by atoms with Crippen LogP contribution in [-0.4, -0.2) is 73.4 Å². The van der Waals surface area contributed by atoms with E-state index in [1.807, 2.05) is 27.7 Å². The standard InChI is InChI=1S/C27H45ClN2O8/c1-8-22(32)38-24(19(6)31)23(28)25(33)30-21(16-18(4)5)27(35)37-14-12-10-9-11-13-36-26(34)20(29-7)15-17(2)3/h8,17-18,20-21,23-24,29H,1,9-16H2,2-7H3,(H,30,33). The molecular weight excluding hydrogens is 516 g/mol. The normalized spacial score (nSPS) is 14.2. The van der Waals surface area contributed by atoms with Crippen molar-refractivity contribution in [3.05, 3.63) is 12.7 Å². The summed E-state index contributed by atoms with van der Waals surface area (Å²) in [5.41, 5.74) is 0. The number of halogens is 1. The van der Waals surface area contributed by atoms with Gasteiger partial charge in [0.25, 0.3) is 0 Å². The van der Waals surface area contributed by atoms with Gasteiger partial charge in [0.15, 0.2) is 17.3 Å². The van der Waals surface area contributed by atoms with Gasteiger partial charge in [-0.25, -0.2) is 9.59 Å². The second kappa shape index (κ2) is 19.6. The van der Waals surface area contributed by atoms with Gasteiger partial charge in [0.2, 0.25) is 5.91 Å². The number of nitrogens with one attached hydrogen (secondary N) is 2. The second-order valence-corrected chi connectivity index (χ2v) is 10.5. The van der Waals surface area contributed by atoms with Crippen molar-refractivity contribution in [2.24, 2.45) is 11.8 Å². The molecule has 2 N–H and O–H groups in total. The molecule has 0 fully saturated rings. The first-order valence-corrected chi connectivity index (χ1v) is 13.6. The van der Waals surface area contributed by atoms with Crippen LogP contribution in [0.2, 0.25) is 0 Å². The van der Waals surface area contributed by atoms with Crippen molar-refractivity contribution in [2.45, 2.75) is 96.7 Å². The highest BCUT2D eigenvalue weighted by atomic mass is 35.5. The molecule has 0 aliphatic rings. The highest BCUT2D eigenvalue weighted by molar-refractivity contribution is 6.33. The molecule has 0 aromatic heterocycles. The summed E-state index contributed by atoms with van der Waals surface area (Å²) in [4.78, 5) is 60.7. The van der Waals surface area contributed by atoms with Crippen LogP contribution in [0.15, 0.2) is 12.7 Å². The molecule has 0 aromatic carbocycles. The zero-order valence-corrected chi connectivity index (χ0v) is 24.3. The fourth-order valence-corrected chi connectivity index (χ4v) is 3.80. The lowest BCUT2D eigenvalue weighted by Gasteiger charge is -2.23. The summed E-state index contributed by atoms with van der Waals surface area (Å²) >= 11 is 6.10. The molecular formula is C27H45ClN2O8. The van der Waals surface area contributed by atoms with Crippen LogP contribution in [0.25, 0.3) is 0 Å². The number of esters is 3. The fraction of sp³-hybridized carbons (Fsp3) is 0.741. The summed E-state index contributed by atoms with van der Waals surface area (Å²) < 4.78 is 15.6. The topological polar surface area (TPSA) is 137 Å². The molecule has 0 aliphatic carbocycles. The van der Waals surface area contributed by atoms with Crippen molar-refractivity contribution in [1.29, 1.82) is 0 Å². The van der Waals surface area contributed by atoms with Gasteiger partial charge >= 0.3 is 17.9 Å². The van der Waals surface area contributed by atoms with Gasteiger partial charge in [-0.15, -0.1) is 11.6 Å². The molecule has 4 atom stereocenters. The number of unbranched alkanes of at least 4 members (excludes halogenated alkanes) is 3. The Bertz CT molecular complexity index is 787. The van der Waals surface area contributed by atoms with Gasteiger partial charge in [-0.3, -0.25) is 14.4 Å². The van der Waals surface area contributed by atoms with E-state index in [0.29, 0.717) is 38.2 Å². The lowest BCUT2D eigenvalue weighted by atomic mass is 10.0. The molecule has 218 valence electrons. The van der Waals surface area contributed by atoms with E-state index in [1.165, 1.54) is 0 Å². The average Bonchev–Trinajstić information content (AvgIpc) is 2.85. The minimum atomic E-state index is -1.53. The fourth-order valence-electron chi connectivity index (χ4n) is 3.50. The van der Waals surface area contributed by atoms with Crippen LogP contribution >= 0.6 is 11.6 Å². The third kappa shape index (κ3) is 15.1. The highest BCUT2D eigenvalue weighted by Crippen LogP contribution is 2.13. The molecule has 0 radical (unpaired) electrons. The minimum Gasteiger partial charge on any atom is -0.465 e. The van der Waals surface area contributed by atoms with Gasteiger partial charge in [-0.2, -0.15) is 0 Å². The molecule has 0 saturated carbocycles. The quantitative estimate of drug-likeness (QED) is 0.0756. The van der Waals surface area contributed by atoms with E-state index in [9.17, 15) is 24.0 Å². The third-order valence-electron chi connectivity index (χ3n) is 5.50. The zero-order valence-electron chi connectivity index (χ0n) is 23.5. The molecule has 0 aliphatic heterocycles. The van der Waals surface area contributed by atoms with Crippen molar-refractivity contribution in [3.8, 4) is 0 Å². The van der Waals surface area contributed by atoms with Crippen LogP contribution in [-0.2, 0) is 38.2 Å². The van der Waals surface area contributed by atoms with Gasteiger partial charge in [0, 0.05) is 6.08 Å². The lowest BCUT2D eigenvalue weighted by molar-refractivity contribution is -0.152. The molecule has 38 heavy (non-hydrogen) atoms. The first-order valence-electron chi connectivity index (χ1n) is 13.1. The van der Waals surface area contributed by atoms with Crippen molar-refractivity contribution in [3.63, 3.8) is 0 Å². The molecule has 10 nitrogen and oxygen atoms in total. The molecule has 0 spiro atoms. The lowest BCUT2D eigenvalue weighted by Crippen LogP contribution is -2.50. The summed E-state index contributed by atoms with van der Waals surface area (Å²) in [6.45, 7) is 12.7. The van der Waals surface area contributed by atoms with Gasteiger partial charge in [0.1, 0.15) is 12.1 Å². The summed E-state index contributed by atoms with van der Waals surface area (Å²) in [6, 6.07) is -1.28. The number of hydrogen-bond donors (Lipinski definition) is 2.